The lowest BCUT2D eigenvalue weighted by Gasteiger charge is -2.11. The van der Waals surface area contributed by atoms with Crippen LogP contribution in [0, 0.1) is 5.92 Å². The van der Waals surface area contributed by atoms with E-state index in [1.807, 2.05) is 13.8 Å². The van der Waals surface area contributed by atoms with E-state index in [-0.39, 0.29) is 18.2 Å². The molecule has 1 atom stereocenters. The first-order valence-corrected chi connectivity index (χ1v) is 9.25. The van der Waals surface area contributed by atoms with Crippen LogP contribution in [0.15, 0.2) is 30.6 Å². The Bertz CT molecular complexity index is 770. The average molecular weight is 338 g/mol. The van der Waals surface area contributed by atoms with E-state index < -0.39 is 10.0 Å². The Balaban J connectivity index is 1.85. The van der Waals surface area contributed by atoms with Gasteiger partial charge in [0, 0.05) is 25.4 Å². The van der Waals surface area contributed by atoms with Crippen LogP contribution in [-0.4, -0.2) is 36.2 Å². The highest BCUT2D eigenvalue weighted by Gasteiger charge is 2.12. The number of amides is 1. The third kappa shape index (κ3) is 5.24. The van der Waals surface area contributed by atoms with Crippen LogP contribution < -0.4 is 10.0 Å². The van der Waals surface area contributed by atoms with Gasteiger partial charge in [-0.05, 0) is 24.1 Å². The summed E-state index contributed by atoms with van der Waals surface area (Å²) >= 11 is 0. The van der Waals surface area contributed by atoms with Gasteiger partial charge in [0.1, 0.15) is 0 Å². The third-order valence-electron chi connectivity index (χ3n) is 3.60. The summed E-state index contributed by atoms with van der Waals surface area (Å²) in [7, 11) is -3.51. The first-order valence-electron chi connectivity index (χ1n) is 7.60. The van der Waals surface area contributed by atoms with Gasteiger partial charge in [-0.2, -0.15) is 5.10 Å². The Morgan fingerprint density at radius 1 is 1.39 bits per heavy atom. The Labute approximate surface area is 136 Å². The number of rotatable bonds is 8. The zero-order chi connectivity index (χ0) is 16.9. The second-order valence-corrected chi connectivity index (χ2v) is 7.45. The SMILES string of the molecule is CCC(C)CC(=O)NCCS(=O)(=O)Nc1ccn2nccc2c1. The summed E-state index contributed by atoms with van der Waals surface area (Å²) < 4.78 is 28.3. The number of fused-ring (bicyclic) bond motifs is 1. The highest BCUT2D eigenvalue weighted by atomic mass is 32.2. The molecule has 0 aliphatic carbocycles. The largest absolute Gasteiger partial charge is 0.355 e. The average Bonchev–Trinajstić information content (AvgIpc) is 2.93. The summed E-state index contributed by atoms with van der Waals surface area (Å²) in [4.78, 5) is 11.6. The molecule has 0 saturated carbocycles. The van der Waals surface area contributed by atoms with Crippen LogP contribution in [0.1, 0.15) is 26.7 Å². The van der Waals surface area contributed by atoms with Crippen LogP contribution in [0.2, 0.25) is 0 Å². The lowest BCUT2D eigenvalue weighted by Crippen LogP contribution is -2.31. The van der Waals surface area contributed by atoms with Gasteiger partial charge in [-0.25, -0.2) is 12.9 Å². The fourth-order valence-corrected chi connectivity index (χ4v) is 3.03. The van der Waals surface area contributed by atoms with Gasteiger partial charge < -0.3 is 5.32 Å². The molecule has 1 unspecified atom stereocenters. The van der Waals surface area contributed by atoms with Crippen molar-refractivity contribution in [2.75, 3.05) is 17.0 Å². The fourth-order valence-electron chi connectivity index (χ4n) is 2.07. The summed E-state index contributed by atoms with van der Waals surface area (Å²) in [6, 6.07) is 5.12. The summed E-state index contributed by atoms with van der Waals surface area (Å²) in [5.41, 5.74) is 1.27. The van der Waals surface area contributed by atoms with E-state index in [1.54, 1.807) is 35.1 Å². The van der Waals surface area contributed by atoms with E-state index in [0.29, 0.717) is 18.0 Å². The standard InChI is InChI=1S/C15H22N4O3S/c1-3-12(2)10-15(20)16-7-9-23(21,22)18-13-5-8-19-14(11-13)4-6-17-19/h4-6,8,11-12,18H,3,7,9-10H2,1-2H3,(H,16,20). The maximum atomic E-state index is 12.0. The van der Waals surface area contributed by atoms with E-state index in [4.69, 9.17) is 0 Å². The molecular formula is C15H22N4O3S. The molecule has 2 aromatic heterocycles. The molecule has 2 aromatic rings. The summed E-state index contributed by atoms with van der Waals surface area (Å²) in [5, 5.41) is 6.69. The molecule has 0 fully saturated rings. The molecule has 0 aliphatic rings. The Hall–Kier alpha value is -2.09. The van der Waals surface area contributed by atoms with Crippen LogP contribution in [-0.2, 0) is 14.8 Å². The predicted octanol–water partition coefficient (Wildman–Crippen LogP) is 1.63. The lowest BCUT2D eigenvalue weighted by atomic mass is 10.1. The van der Waals surface area contributed by atoms with Crippen molar-refractivity contribution in [3.8, 4) is 0 Å². The van der Waals surface area contributed by atoms with Gasteiger partial charge in [-0.15, -0.1) is 0 Å². The molecule has 23 heavy (non-hydrogen) atoms. The second kappa shape index (κ2) is 7.45. The number of anilines is 1. The summed E-state index contributed by atoms with van der Waals surface area (Å²) in [6.07, 6.45) is 4.66. The fraction of sp³-hybridized carbons (Fsp3) is 0.467. The number of carbonyl (C=O) groups excluding carboxylic acids is 1. The van der Waals surface area contributed by atoms with Crippen molar-refractivity contribution in [3.05, 3.63) is 30.6 Å². The van der Waals surface area contributed by atoms with E-state index in [2.05, 4.69) is 15.1 Å². The number of hydrogen-bond acceptors (Lipinski definition) is 4. The molecule has 0 radical (unpaired) electrons. The number of carbonyl (C=O) groups is 1. The normalized spacial score (nSPS) is 13.0. The smallest absolute Gasteiger partial charge is 0.234 e. The molecular weight excluding hydrogens is 316 g/mol. The highest BCUT2D eigenvalue weighted by Crippen LogP contribution is 2.13. The van der Waals surface area contributed by atoms with Crippen LogP contribution >= 0.6 is 0 Å². The van der Waals surface area contributed by atoms with Gasteiger partial charge in [0.2, 0.25) is 15.9 Å². The highest BCUT2D eigenvalue weighted by molar-refractivity contribution is 7.92. The second-order valence-electron chi connectivity index (χ2n) is 5.60. The monoisotopic (exact) mass is 338 g/mol. The predicted molar refractivity (Wildman–Crippen MR) is 89.7 cm³/mol. The number of pyridine rings is 1. The van der Waals surface area contributed by atoms with Crippen LogP contribution in [0.5, 0.6) is 0 Å². The van der Waals surface area contributed by atoms with Crippen molar-refractivity contribution in [1.29, 1.82) is 0 Å². The summed E-state index contributed by atoms with van der Waals surface area (Å²) in [6.45, 7) is 4.10. The third-order valence-corrected chi connectivity index (χ3v) is 4.88. The van der Waals surface area contributed by atoms with E-state index in [1.165, 1.54) is 0 Å². The van der Waals surface area contributed by atoms with Crippen LogP contribution in [0.25, 0.3) is 5.52 Å². The van der Waals surface area contributed by atoms with Gasteiger partial charge in [0.15, 0.2) is 0 Å². The van der Waals surface area contributed by atoms with E-state index in [0.717, 1.165) is 11.9 Å². The molecule has 0 saturated heterocycles. The zero-order valence-electron chi connectivity index (χ0n) is 13.3. The maximum Gasteiger partial charge on any atom is 0.234 e. The van der Waals surface area contributed by atoms with Crippen molar-refractivity contribution in [2.45, 2.75) is 26.7 Å². The number of sulfonamides is 1. The molecule has 0 aliphatic heterocycles. The summed E-state index contributed by atoms with van der Waals surface area (Å²) in [5.74, 6) is 0.0197. The van der Waals surface area contributed by atoms with Gasteiger partial charge in [-0.1, -0.05) is 20.3 Å². The molecule has 2 rings (SSSR count). The molecule has 7 nitrogen and oxygen atoms in total. The quantitative estimate of drug-likeness (QED) is 0.765. The van der Waals surface area contributed by atoms with E-state index in [9.17, 15) is 13.2 Å². The molecule has 1 amide bonds. The minimum Gasteiger partial charge on any atom is -0.355 e. The number of nitrogens with one attached hydrogen (secondary N) is 2. The number of hydrogen-bond donors (Lipinski definition) is 2. The van der Waals surface area contributed by atoms with Gasteiger partial charge >= 0.3 is 0 Å². The molecule has 2 heterocycles. The topological polar surface area (TPSA) is 92.6 Å². The first-order chi connectivity index (χ1) is 10.9. The zero-order valence-corrected chi connectivity index (χ0v) is 14.1. The Morgan fingerprint density at radius 2 is 2.17 bits per heavy atom. The van der Waals surface area contributed by atoms with Gasteiger partial charge in [-0.3, -0.25) is 9.52 Å². The maximum absolute atomic E-state index is 12.0. The molecule has 8 heteroatoms. The van der Waals surface area contributed by atoms with Crippen molar-refractivity contribution in [2.24, 2.45) is 5.92 Å². The van der Waals surface area contributed by atoms with Gasteiger partial charge in [0.25, 0.3) is 0 Å². The Morgan fingerprint density at radius 3 is 2.91 bits per heavy atom. The van der Waals surface area contributed by atoms with Crippen LogP contribution in [0.3, 0.4) is 0 Å². The first kappa shape index (κ1) is 17.3. The van der Waals surface area contributed by atoms with Crippen molar-refractivity contribution < 1.29 is 13.2 Å². The van der Waals surface area contributed by atoms with Crippen LogP contribution in [0.4, 0.5) is 5.69 Å². The molecule has 0 aromatic carbocycles. The minimum atomic E-state index is -3.51. The molecule has 0 spiro atoms. The minimum absolute atomic E-state index is 0.0968. The lowest BCUT2D eigenvalue weighted by molar-refractivity contribution is -0.121. The molecule has 2 N–H and O–H groups in total. The van der Waals surface area contributed by atoms with Gasteiger partial charge in [0.05, 0.1) is 17.0 Å². The number of aromatic nitrogens is 2. The van der Waals surface area contributed by atoms with E-state index >= 15 is 0 Å². The van der Waals surface area contributed by atoms with Crippen molar-refractivity contribution in [1.82, 2.24) is 14.9 Å². The Kier molecular flexibility index (Phi) is 5.59. The molecule has 126 valence electrons. The van der Waals surface area contributed by atoms with Crippen molar-refractivity contribution >= 4 is 27.1 Å². The molecule has 0 bridgehead atoms. The van der Waals surface area contributed by atoms with Crippen molar-refractivity contribution in [3.63, 3.8) is 0 Å². The number of nitrogens with zero attached hydrogens (tertiary/aromatic N) is 2.